The van der Waals surface area contributed by atoms with E-state index in [2.05, 4.69) is 32.3 Å². The van der Waals surface area contributed by atoms with Crippen molar-refractivity contribution >= 4 is 11.8 Å². The standard InChI is InChI=1S/C26H29N5O3/c1-19-10-11-21(17-29-19)34-25-22(9-6-13-28-25)26(33)31-16-15-30(18-23(31)24(32)27-2)14-12-20-7-4-3-5-8-20/h3-11,13,17,23H,12,14-16,18H2,1-2H3,(H,27,32)/t23-/m0/s1. The van der Waals surface area contributed by atoms with E-state index < -0.39 is 6.04 Å². The Balaban J connectivity index is 1.49. The molecule has 8 heteroatoms. The first kappa shape index (κ1) is 23.4. The van der Waals surface area contributed by atoms with Crippen LogP contribution in [0.2, 0.25) is 0 Å². The van der Waals surface area contributed by atoms with Crippen molar-refractivity contribution in [2.75, 3.05) is 33.2 Å². The lowest BCUT2D eigenvalue weighted by molar-refractivity contribution is -0.127. The lowest BCUT2D eigenvalue weighted by Crippen LogP contribution is -2.60. The van der Waals surface area contributed by atoms with Gasteiger partial charge in [0.25, 0.3) is 5.91 Å². The number of nitrogens with zero attached hydrogens (tertiary/aromatic N) is 4. The quantitative estimate of drug-likeness (QED) is 0.585. The number of aromatic nitrogens is 2. The summed E-state index contributed by atoms with van der Waals surface area (Å²) in [4.78, 5) is 38.7. The topological polar surface area (TPSA) is 87.7 Å². The van der Waals surface area contributed by atoms with E-state index in [0.29, 0.717) is 30.9 Å². The summed E-state index contributed by atoms with van der Waals surface area (Å²) in [6, 6.07) is 16.6. The Kier molecular flexibility index (Phi) is 7.49. The SMILES string of the molecule is CNC(=O)[C@@H]1CN(CCc2ccccc2)CCN1C(=O)c1cccnc1Oc1ccc(C)nc1. The molecule has 4 rings (SSSR count). The number of likely N-dealkylation sites (N-methyl/N-ethyl adjacent to an activating group) is 1. The summed E-state index contributed by atoms with van der Waals surface area (Å²) in [7, 11) is 1.59. The van der Waals surface area contributed by atoms with Gasteiger partial charge in [-0.15, -0.1) is 0 Å². The Hall–Kier alpha value is -3.78. The van der Waals surface area contributed by atoms with Gasteiger partial charge < -0.3 is 15.0 Å². The second kappa shape index (κ2) is 10.9. The van der Waals surface area contributed by atoms with Gasteiger partial charge >= 0.3 is 0 Å². The molecule has 1 atom stereocenters. The third-order valence-corrected chi connectivity index (χ3v) is 5.93. The highest BCUT2D eigenvalue weighted by molar-refractivity contribution is 5.99. The molecule has 2 aromatic heterocycles. The highest BCUT2D eigenvalue weighted by Crippen LogP contribution is 2.25. The maximum Gasteiger partial charge on any atom is 0.260 e. The zero-order chi connectivity index (χ0) is 23.9. The highest BCUT2D eigenvalue weighted by atomic mass is 16.5. The fourth-order valence-electron chi connectivity index (χ4n) is 4.02. The molecule has 1 aromatic carbocycles. The molecule has 34 heavy (non-hydrogen) atoms. The van der Waals surface area contributed by atoms with E-state index in [1.165, 1.54) is 5.56 Å². The number of hydrogen-bond donors (Lipinski definition) is 1. The second-order valence-corrected chi connectivity index (χ2v) is 8.26. The number of carbonyl (C=O) groups is 2. The van der Waals surface area contributed by atoms with E-state index in [9.17, 15) is 9.59 Å². The average molecular weight is 460 g/mol. The molecule has 176 valence electrons. The van der Waals surface area contributed by atoms with Crippen molar-refractivity contribution in [2.24, 2.45) is 0 Å². The van der Waals surface area contributed by atoms with Crippen molar-refractivity contribution in [3.8, 4) is 11.6 Å². The summed E-state index contributed by atoms with van der Waals surface area (Å²) in [6.45, 7) is 4.30. The Bertz CT molecular complexity index is 1120. The maximum absolute atomic E-state index is 13.6. The normalized spacial score (nSPS) is 16.2. The van der Waals surface area contributed by atoms with Gasteiger partial charge in [-0.3, -0.25) is 19.5 Å². The van der Waals surface area contributed by atoms with Gasteiger partial charge in [-0.05, 0) is 43.2 Å². The van der Waals surface area contributed by atoms with Gasteiger partial charge in [0.2, 0.25) is 11.8 Å². The first-order chi connectivity index (χ1) is 16.5. The molecule has 3 aromatic rings. The van der Waals surface area contributed by atoms with Gasteiger partial charge in [0.1, 0.15) is 17.4 Å². The summed E-state index contributed by atoms with van der Waals surface area (Å²) in [6.07, 6.45) is 4.06. The van der Waals surface area contributed by atoms with Crippen LogP contribution in [0.3, 0.4) is 0 Å². The molecule has 0 bridgehead atoms. The average Bonchev–Trinajstić information content (AvgIpc) is 2.88. The van der Waals surface area contributed by atoms with Crippen LogP contribution in [0, 0.1) is 6.92 Å². The van der Waals surface area contributed by atoms with E-state index in [0.717, 1.165) is 18.7 Å². The summed E-state index contributed by atoms with van der Waals surface area (Å²) in [5, 5.41) is 2.71. The summed E-state index contributed by atoms with van der Waals surface area (Å²) >= 11 is 0. The zero-order valence-corrected chi connectivity index (χ0v) is 19.5. The number of carbonyl (C=O) groups excluding carboxylic acids is 2. The first-order valence-electron chi connectivity index (χ1n) is 11.4. The van der Waals surface area contributed by atoms with E-state index in [-0.39, 0.29) is 17.7 Å². The van der Waals surface area contributed by atoms with Gasteiger partial charge in [-0.2, -0.15) is 0 Å². The minimum Gasteiger partial charge on any atom is -0.437 e. The van der Waals surface area contributed by atoms with Crippen LogP contribution in [-0.4, -0.2) is 70.9 Å². The molecule has 0 saturated carbocycles. The number of nitrogens with one attached hydrogen (secondary N) is 1. The largest absolute Gasteiger partial charge is 0.437 e. The number of hydrogen-bond acceptors (Lipinski definition) is 6. The van der Waals surface area contributed by atoms with Crippen molar-refractivity contribution < 1.29 is 14.3 Å². The van der Waals surface area contributed by atoms with E-state index in [1.807, 2.05) is 31.2 Å². The van der Waals surface area contributed by atoms with Crippen LogP contribution < -0.4 is 10.1 Å². The lowest BCUT2D eigenvalue weighted by atomic mass is 10.1. The molecule has 1 aliphatic rings. The number of amides is 2. The van der Waals surface area contributed by atoms with E-state index in [4.69, 9.17) is 4.74 Å². The van der Waals surface area contributed by atoms with Crippen molar-refractivity contribution in [3.63, 3.8) is 0 Å². The molecule has 1 N–H and O–H groups in total. The molecule has 8 nitrogen and oxygen atoms in total. The Morgan fingerprint density at radius 2 is 1.88 bits per heavy atom. The van der Waals surface area contributed by atoms with Gasteiger partial charge in [-0.25, -0.2) is 4.98 Å². The molecular formula is C26H29N5O3. The predicted molar refractivity (Wildman–Crippen MR) is 129 cm³/mol. The van der Waals surface area contributed by atoms with Crippen LogP contribution in [0.1, 0.15) is 21.6 Å². The molecule has 0 spiro atoms. The first-order valence-corrected chi connectivity index (χ1v) is 11.4. The second-order valence-electron chi connectivity index (χ2n) is 8.26. The zero-order valence-electron chi connectivity index (χ0n) is 19.5. The highest BCUT2D eigenvalue weighted by Gasteiger charge is 2.36. The van der Waals surface area contributed by atoms with Gasteiger partial charge in [0, 0.05) is 45.1 Å². The van der Waals surface area contributed by atoms with Crippen LogP contribution >= 0.6 is 0 Å². The summed E-state index contributed by atoms with van der Waals surface area (Å²) < 4.78 is 5.88. The fourth-order valence-corrected chi connectivity index (χ4v) is 4.02. The van der Waals surface area contributed by atoms with Gasteiger partial charge in [0.05, 0.1) is 6.20 Å². The van der Waals surface area contributed by atoms with Crippen molar-refractivity contribution in [1.29, 1.82) is 0 Å². The lowest BCUT2D eigenvalue weighted by Gasteiger charge is -2.40. The van der Waals surface area contributed by atoms with E-state index in [1.54, 1.807) is 42.5 Å². The van der Waals surface area contributed by atoms with Crippen LogP contribution in [0.4, 0.5) is 0 Å². The molecule has 2 amide bonds. The molecule has 1 saturated heterocycles. The fraction of sp³-hybridized carbons (Fsp3) is 0.308. The Morgan fingerprint density at radius 3 is 2.62 bits per heavy atom. The number of pyridine rings is 2. The van der Waals surface area contributed by atoms with Gasteiger partial charge in [0.15, 0.2) is 0 Å². The number of piperazine rings is 1. The molecule has 1 fully saturated rings. The van der Waals surface area contributed by atoms with Crippen LogP contribution in [0.15, 0.2) is 67.0 Å². The monoisotopic (exact) mass is 459 g/mol. The third kappa shape index (κ3) is 5.58. The minimum absolute atomic E-state index is 0.188. The summed E-state index contributed by atoms with van der Waals surface area (Å²) in [5.74, 6) is 0.221. The van der Waals surface area contributed by atoms with Crippen molar-refractivity contribution in [1.82, 2.24) is 25.1 Å². The summed E-state index contributed by atoms with van der Waals surface area (Å²) in [5.41, 5.74) is 2.43. The number of benzene rings is 1. The number of aryl methyl sites for hydroxylation is 1. The number of rotatable bonds is 7. The smallest absolute Gasteiger partial charge is 0.260 e. The molecule has 0 radical (unpaired) electrons. The molecule has 1 aliphatic heterocycles. The molecular weight excluding hydrogens is 430 g/mol. The van der Waals surface area contributed by atoms with Gasteiger partial charge in [-0.1, -0.05) is 30.3 Å². The molecule has 0 unspecified atom stereocenters. The van der Waals surface area contributed by atoms with Crippen molar-refractivity contribution in [2.45, 2.75) is 19.4 Å². The van der Waals surface area contributed by atoms with Crippen LogP contribution in [0.25, 0.3) is 0 Å². The van der Waals surface area contributed by atoms with Crippen molar-refractivity contribution in [3.05, 3.63) is 83.8 Å². The number of ether oxygens (including phenoxy) is 1. The Morgan fingerprint density at radius 1 is 1.06 bits per heavy atom. The van der Waals surface area contributed by atoms with E-state index >= 15 is 0 Å². The predicted octanol–water partition coefficient (Wildman–Crippen LogP) is 2.69. The Labute approximate surface area is 199 Å². The third-order valence-electron chi connectivity index (χ3n) is 5.93. The maximum atomic E-state index is 13.6. The minimum atomic E-state index is -0.601. The van der Waals surface area contributed by atoms with Crippen LogP contribution in [-0.2, 0) is 11.2 Å². The molecule has 0 aliphatic carbocycles. The van der Waals surface area contributed by atoms with Crippen LogP contribution in [0.5, 0.6) is 11.6 Å². The molecule has 3 heterocycles.